The van der Waals surface area contributed by atoms with E-state index in [1.165, 1.54) is 0 Å². The Bertz CT molecular complexity index is 869. The maximum atomic E-state index is 12.8. The van der Waals surface area contributed by atoms with Crippen molar-refractivity contribution < 1.29 is 9.53 Å². The van der Waals surface area contributed by atoms with Crippen LogP contribution < -0.4 is 5.32 Å². The highest BCUT2D eigenvalue weighted by Gasteiger charge is 2.27. The molecular formula is C21H23N3O2. The highest BCUT2D eigenvalue weighted by Crippen LogP contribution is 2.29. The molecule has 0 unspecified atom stereocenters. The number of nitrogens with zero attached hydrogens (tertiary/aromatic N) is 2. The lowest BCUT2D eigenvalue weighted by atomic mass is 9.87. The number of hydrogen-bond acceptors (Lipinski definition) is 3. The van der Waals surface area contributed by atoms with Gasteiger partial charge in [-0.05, 0) is 47.9 Å². The first-order valence-electron chi connectivity index (χ1n) is 9.12. The quantitative estimate of drug-likeness (QED) is 0.769. The molecule has 4 rings (SSSR count). The summed E-state index contributed by atoms with van der Waals surface area (Å²) in [5, 5.41) is 4.40. The van der Waals surface area contributed by atoms with Crippen molar-refractivity contribution in [3.63, 3.8) is 0 Å². The minimum absolute atomic E-state index is 0.0201. The lowest BCUT2D eigenvalue weighted by molar-refractivity contribution is -0.123. The largest absolute Gasteiger partial charge is 0.381 e. The highest BCUT2D eigenvalue weighted by atomic mass is 16.5. The Kier molecular flexibility index (Phi) is 4.97. The number of aromatic nitrogens is 2. The summed E-state index contributed by atoms with van der Waals surface area (Å²) in [4.78, 5) is 17.0. The molecule has 1 aliphatic heterocycles. The van der Waals surface area contributed by atoms with E-state index in [1.807, 2.05) is 53.4 Å². The lowest BCUT2D eigenvalue weighted by Gasteiger charge is -2.31. The summed E-state index contributed by atoms with van der Waals surface area (Å²) in [6.45, 7) is 1.81. The summed E-state index contributed by atoms with van der Waals surface area (Å²) in [6, 6.07) is 14.1. The Morgan fingerprint density at radius 1 is 1.19 bits per heavy atom. The molecule has 3 heterocycles. The van der Waals surface area contributed by atoms with E-state index in [0.717, 1.165) is 42.5 Å². The van der Waals surface area contributed by atoms with Crippen LogP contribution in [0.5, 0.6) is 0 Å². The van der Waals surface area contributed by atoms with Gasteiger partial charge in [-0.25, -0.2) is 0 Å². The average Bonchev–Trinajstić information content (AvgIpc) is 3.10. The molecular weight excluding hydrogens is 326 g/mol. The first-order chi connectivity index (χ1) is 12.8. The maximum absolute atomic E-state index is 12.8. The SMILES string of the molecule is O=C(Cn1ccc2ccccc21)N[C@@H](c1cccnc1)C1CCOCC1. The van der Waals surface area contributed by atoms with Gasteiger partial charge in [-0.15, -0.1) is 0 Å². The fourth-order valence-corrected chi connectivity index (χ4v) is 3.73. The molecule has 0 bridgehead atoms. The summed E-state index contributed by atoms with van der Waals surface area (Å²) in [7, 11) is 0. The number of benzene rings is 1. The van der Waals surface area contributed by atoms with Crippen LogP contribution in [0.15, 0.2) is 61.1 Å². The molecule has 1 amide bonds. The number of pyridine rings is 1. The zero-order chi connectivity index (χ0) is 17.8. The van der Waals surface area contributed by atoms with Crippen molar-refractivity contribution in [3.8, 4) is 0 Å². The van der Waals surface area contributed by atoms with Crippen LogP contribution in [0, 0.1) is 5.92 Å². The fraction of sp³-hybridized carbons (Fsp3) is 0.333. The Labute approximate surface area is 153 Å². The first kappa shape index (κ1) is 16.8. The molecule has 1 N–H and O–H groups in total. The van der Waals surface area contributed by atoms with Crippen LogP contribution in [0.2, 0.25) is 0 Å². The van der Waals surface area contributed by atoms with E-state index in [4.69, 9.17) is 4.74 Å². The molecule has 0 saturated carbocycles. The number of rotatable bonds is 5. The normalized spacial score (nSPS) is 16.5. The Morgan fingerprint density at radius 2 is 2.04 bits per heavy atom. The standard InChI is InChI=1S/C21H23N3O2/c25-20(15-24-11-7-16-4-1-2-6-19(16)24)23-21(17-8-12-26-13-9-17)18-5-3-10-22-14-18/h1-7,10-11,14,17,21H,8-9,12-13,15H2,(H,23,25)/t21-/m1/s1. The number of fused-ring (bicyclic) bond motifs is 1. The smallest absolute Gasteiger partial charge is 0.240 e. The van der Waals surface area contributed by atoms with E-state index in [1.54, 1.807) is 6.20 Å². The van der Waals surface area contributed by atoms with Crippen LogP contribution in [-0.4, -0.2) is 28.7 Å². The monoisotopic (exact) mass is 349 g/mol. The van der Waals surface area contributed by atoms with Crippen molar-refractivity contribution in [1.29, 1.82) is 0 Å². The van der Waals surface area contributed by atoms with Crippen LogP contribution in [-0.2, 0) is 16.1 Å². The molecule has 2 aromatic heterocycles. The molecule has 1 aromatic carbocycles. The lowest BCUT2D eigenvalue weighted by Crippen LogP contribution is -2.37. The molecule has 0 spiro atoms. The topological polar surface area (TPSA) is 56.2 Å². The van der Waals surface area contributed by atoms with Crippen LogP contribution in [0.4, 0.5) is 0 Å². The number of para-hydroxylation sites is 1. The predicted octanol–water partition coefficient (Wildman–Crippen LogP) is 3.32. The van der Waals surface area contributed by atoms with Crippen molar-refractivity contribution in [1.82, 2.24) is 14.9 Å². The number of nitrogens with one attached hydrogen (secondary N) is 1. The van der Waals surface area contributed by atoms with Crippen LogP contribution in [0.25, 0.3) is 10.9 Å². The van der Waals surface area contributed by atoms with E-state index in [0.29, 0.717) is 12.5 Å². The van der Waals surface area contributed by atoms with E-state index in [-0.39, 0.29) is 11.9 Å². The molecule has 5 heteroatoms. The number of carbonyl (C=O) groups excluding carboxylic acids is 1. The molecule has 1 fully saturated rings. The second-order valence-corrected chi connectivity index (χ2v) is 6.78. The van der Waals surface area contributed by atoms with Crippen molar-refractivity contribution in [2.45, 2.75) is 25.4 Å². The highest BCUT2D eigenvalue weighted by molar-refractivity contribution is 5.83. The van der Waals surface area contributed by atoms with Gasteiger partial charge in [0.05, 0.1) is 6.04 Å². The molecule has 134 valence electrons. The van der Waals surface area contributed by atoms with E-state index < -0.39 is 0 Å². The number of amides is 1. The third-order valence-corrected chi connectivity index (χ3v) is 5.09. The van der Waals surface area contributed by atoms with Crippen LogP contribution in [0.3, 0.4) is 0 Å². The molecule has 5 nitrogen and oxygen atoms in total. The predicted molar refractivity (Wildman–Crippen MR) is 101 cm³/mol. The van der Waals surface area contributed by atoms with Gasteiger partial charge < -0.3 is 14.6 Å². The van der Waals surface area contributed by atoms with Gasteiger partial charge in [0.1, 0.15) is 6.54 Å². The minimum Gasteiger partial charge on any atom is -0.381 e. The third kappa shape index (κ3) is 3.63. The molecule has 1 saturated heterocycles. The van der Waals surface area contributed by atoms with Gasteiger partial charge in [0.15, 0.2) is 0 Å². The summed E-state index contributed by atoms with van der Waals surface area (Å²) < 4.78 is 7.49. The van der Waals surface area contributed by atoms with E-state index >= 15 is 0 Å². The number of carbonyl (C=O) groups is 1. The maximum Gasteiger partial charge on any atom is 0.240 e. The number of ether oxygens (including phenoxy) is 1. The van der Waals surface area contributed by atoms with Gasteiger partial charge in [0, 0.05) is 37.3 Å². The zero-order valence-electron chi connectivity index (χ0n) is 14.7. The molecule has 0 radical (unpaired) electrons. The second-order valence-electron chi connectivity index (χ2n) is 6.78. The van der Waals surface area contributed by atoms with Gasteiger partial charge in [-0.3, -0.25) is 9.78 Å². The molecule has 1 aliphatic rings. The van der Waals surface area contributed by atoms with Gasteiger partial charge in [-0.2, -0.15) is 0 Å². The third-order valence-electron chi connectivity index (χ3n) is 5.09. The van der Waals surface area contributed by atoms with E-state index in [9.17, 15) is 4.79 Å². The summed E-state index contributed by atoms with van der Waals surface area (Å²) in [5.74, 6) is 0.394. The summed E-state index contributed by atoms with van der Waals surface area (Å²) in [5.41, 5.74) is 2.14. The van der Waals surface area contributed by atoms with Crippen molar-refractivity contribution >= 4 is 16.8 Å². The molecule has 1 atom stereocenters. The summed E-state index contributed by atoms with van der Waals surface area (Å²) >= 11 is 0. The fourth-order valence-electron chi connectivity index (χ4n) is 3.73. The molecule has 0 aliphatic carbocycles. The molecule has 3 aromatic rings. The average molecular weight is 349 g/mol. The van der Waals surface area contributed by atoms with Crippen LogP contribution >= 0.6 is 0 Å². The van der Waals surface area contributed by atoms with Crippen LogP contribution in [0.1, 0.15) is 24.4 Å². The van der Waals surface area contributed by atoms with Gasteiger partial charge in [0.2, 0.25) is 5.91 Å². The zero-order valence-corrected chi connectivity index (χ0v) is 14.7. The van der Waals surface area contributed by atoms with Crippen molar-refractivity contribution in [2.75, 3.05) is 13.2 Å². The van der Waals surface area contributed by atoms with E-state index in [2.05, 4.69) is 16.4 Å². The van der Waals surface area contributed by atoms with Gasteiger partial charge in [0.25, 0.3) is 0 Å². The first-order valence-corrected chi connectivity index (χ1v) is 9.12. The Balaban J connectivity index is 1.52. The van der Waals surface area contributed by atoms with Crippen molar-refractivity contribution in [3.05, 3.63) is 66.6 Å². The van der Waals surface area contributed by atoms with Gasteiger partial charge in [-0.1, -0.05) is 24.3 Å². The van der Waals surface area contributed by atoms with Gasteiger partial charge >= 0.3 is 0 Å². The minimum atomic E-state index is -0.0260. The van der Waals surface area contributed by atoms with Crippen molar-refractivity contribution in [2.24, 2.45) is 5.92 Å². The number of hydrogen-bond donors (Lipinski definition) is 1. The Hall–Kier alpha value is -2.66. The molecule has 26 heavy (non-hydrogen) atoms. The second kappa shape index (κ2) is 7.70. The Morgan fingerprint density at radius 3 is 2.85 bits per heavy atom. The summed E-state index contributed by atoms with van der Waals surface area (Å²) in [6.07, 6.45) is 7.49.